The van der Waals surface area contributed by atoms with E-state index >= 15 is 0 Å². The molecule has 0 amide bonds. The molecule has 0 saturated heterocycles. The summed E-state index contributed by atoms with van der Waals surface area (Å²) in [5.74, 6) is 2.91. The summed E-state index contributed by atoms with van der Waals surface area (Å²) in [7, 11) is -1.54. The van der Waals surface area contributed by atoms with E-state index in [9.17, 15) is 14.9 Å². The van der Waals surface area contributed by atoms with Gasteiger partial charge in [-0.05, 0) is 6.92 Å². The largest absolute Gasteiger partial charge is 0.337 e. The molecule has 0 saturated carbocycles. The van der Waals surface area contributed by atoms with Crippen molar-refractivity contribution in [1.29, 1.82) is 0 Å². The highest BCUT2D eigenvalue weighted by atomic mass is 28.3. The Bertz CT molecular complexity index is 573. The number of H-pyrrole nitrogens is 1. The third kappa shape index (κ3) is 3.29. The fourth-order valence-electron chi connectivity index (χ4n) is 1.22. The third-order valence-corrected chi connectivity index (χ3v) is 2.95. The van der Waals surface area contributed by atoms with Gasteiger partial charge in [0.25, 0.3) is 0 Å². The fraction of sp³-hybridized carbons (Fsp3) is 0.364. The Balaban J connectivity index is 3.38. The summed E-state index contributed by atoms with van der Waals surface area (Å²) in [6.45, 7) is 7.78. The van der Waals surface area contributed by atoms with Crippen LogP contribution in [0.1, 0.15) is 11.1 Å². The van der Waals surface area contributed by atoms with Crippen molar-refractivity contribution in [2.24, 2.45) is 0 Å². The second-order valence-electron chi connectivity index (χ2n) is 4.76. The smallest absolute Gasteiger partial charge is 0.322 e. The van der Waals surface area contributed by atoms with Crippen molar-refractivity contribution in [1.82, 2.24) is 4.98 Å². The van der Waals surface area contributed by atoms with Crippen LogP contribution in [0.4, 0.5) is 5.69 Å². The van der Waals surface area contributed by atoms with Crippen LogP contribution in [0.3, 0.4) is 0 Å². The van der Waals surface area contributed by atoms with E-state index in [0.717, 1.165) is 0 Å². The molecule has 0 spiro atoms. The van der Waals surface area contributed by atoms with Crippen LogP contribution in [0.25, 0.3) is 0 Å². The standard InChI is InChI=1S/C11H14N2O3Si/c1-8-9(5-6-17(2,3)4)7-12-11(14)10(8)13(15)16/h7H,1-4H3,(H,12,14). The molecule has 17 heavy (non-hydrogen) atoms. The summed E-state index contributed by atoms with van der Waals surface area (Å²) in [6, 6.07) is 0. The Morgan fingerprint density at radius 3 is 2.47 bits per heavy atom. The van der Waals surface area contributed by atoms with Gasteiger partial charge < -0.3 is 4.98 Å². The first-order chi connectivity index (χ1) is 7.72. The van der Waals surface area contributed by atoms with Crippen molar-refractivity contribution in [3.63, 3.8) is 0 Å². The van der Waals surface area contributed by atoms with Crippen molar-refractivity contribution in [3.8, 4) is 11.5 Å². The van der Waals surface area contributed by atoms with Crippen molar-refractivity contribution < 1.29 is 4.92 Å². The van der Waals surface area contributed by atoms with Gasteiger partial charge in [0.05, 0.1) is 4.92 Å². The van der Waals surface area contributed by atoms with Crippen LogP contribution in [-0.2, 0) is 0 Å². The maximum atomic E-state index is 11.3. The summed E-state index contributed by atoms with van der Waals surface area (Å²) >= 11 is 0. The first-order valence-electron chi connectivity index (χ1n) is 5.12. The Morgan fingerprint density at radius 1 is 1.41 bits per heavy atom. The molecule has 6 heteroatoms. The molecular weight excluding hydrogens is 236 g/mol. The summed E-state index contributed by atoms with van der Waals surface area (Å²) in [5.41, 5.74) is 2.83. The number of nitrogens with one attached hydrogen (secondary N) is 1. The number of nitro groups is 1. The normalized spacial score (nSPS) is 10.6. The first-order valence-corrected chi connectivity index (χ1v) is 8.62. The molecule has 0 aromatic carbocycles. The number of pyridine rings is 1. The minimum Gasteiger partial charge on any atom is -0.322 e. The maximum absolute atomic E-state index is 11.3. The lowest BCUT2D eigenvalue weighted by Crippen LogP contribution is -2.17. The highest BCUT2D eigenvalue weighted by Gasteiger charge is 2.18. The monoisotopic (exact) mass is 250 g/mol. The molecule has 0 unspecified atom stereocenters. The van der Waals surface area contributed by atoms with Gasteiger partial charge in [-0.15, -0.1) is 5.54 Å². The van der Waals surface area contributed by atoms with E-state index in [2.05, 4.69) is 36.1 Å². The maximum Gasteiger partial charge on any atom is 0.337 e. The number of nitrogens with zero attached hydrogens (tertiary/aromatic N) is 1. The second kappa shape index (κ2) is 4.55. The van der Waals surface area contributed by atoms with E-state index in [1.54, 1.807) is 6.92 Å². The Morgan fingerprint density at radius 2 is 2.00 bits per heavy atom. The minimum absolute atomic E-state index is 0.324. The van der Waals surface area contributed by atoms with Gasteiger partial charge in [-0.3, -0.25) is 14.9 Å². The molecule has 5 nitrogen and oxygen atoms in total. The van der Waals surface area contributed by atoms with Crippen LogP contribution < -0.4 is 5.56 Å². The van der Waals surface area contributed by atoms with Crippen LogP contribution in [0, 0.1) is 28.5 Å². The van der Waals surface area contributed by atoms with E-state index in [4.69, 9.17) is 0 Å². The summed E-state index contributed by atoms with van der Waals surface area (Å²) in [5, 5.41) is 10.7. The van der Waals surface area contributed by atoms with Crippen LogP contribution in [-0.4, -0.2) is 18.0 Å². The van der Waals surface area contributed by atoms with Crippen LogP contribution >= 0.6 is 0 Å². The topological polar surface area (TPSA) is 76.0 Å². The van der Waals surface area contributed by atoms with E-state index in [1.807, 2.05) is 0 Å². The Labute approximate surface area is 100 Å². The van der Waals surface area contributed by atoms with Crippen LogP contribution in [0.2, 0.25) is 19.6 Å². The number of hydrogen-bond acceptors (Lipinski definition) is 3. The van der Waals surface area contributed by atoms with Crippen molar-refractivity contribution in [3.05, 3.63) is 37.8 Å². The van der Waals surface area contributed by atoms with E-state index in [1.165, 1.54) is 6.20 Å². The number of aromatic amines is 1. The molecule has 0 radical (unpaired) electrons. The summed E-state index contributed by atoms with van der Waals surface area (Å²) in [4.78, 5) is 23.7. The predicted molar refractivity (Wildman–Crippen MR) is 68.7 cm³/mol. The van der Waals surface area contributed by atoms with E-state index < -0.39 is 24.2 Å². The summed E-state index contributed by atoms with van der Waals surface area (Å²) < 4.78 is 0. The average molecular weight is 250 g/mol. The van der Waals surface area contributed by atoms with Crippen molar-refractivity contribution >= 4 is 13.8 Å². The molecule has 90 valence electrons. The number of aromatic nitrogens is 1. The molecule has 1 heterocycles. The molecule has 1 N–H and O–H groups in total. The zero-order valence-electron chi connectivity index (χ0n) is 10.2. The Kier molecular flexibility index (Phi) is 3.53. The zero-order valence-corrected chi connectivity index (χ0v) is 11.2. The van der Waals surface area contributed by atoms with Crippen molar-refractivity contribution in [2.45, 2.75) is 26.6 Å². The van der Waals surface area contributed by atoms with E-state index in [0.29, 0.717) is 11.1 Å². The fourth-order valence-corrected chi connectivity index (χ4v) is 1.73. The molecule has 0 aliphatic carbocycles. The molecule has 0 bridgehead atoms. The molecular formula is C11H14N2O3Si. The molecule has 1 aromatic rings. The molecule has 1 rings (SSSR count). The number of hydrogen-bond donors (Lipinski definition) is 1. The molecule has 1 aromatic heterocycles. The molecule has 0 atom stereocenters. The van der Waals surface area contributed by atoms with E-state index in [-0.39, 0.29) is 0 Å². The van der Waals surface area contributed by atoms with Gasteiger partial charge in [0.15, 0.2) is 0 Å². The van der Waals surface area contributed by atoms with Crippen LogP contribution in [0.15, 0.2) is 11.0 Å². The first kappa shape index (κ1) is 13.2. The van der Waals surface area contributed by atoms with Crippen LogP contribution in [0.5, 0.6) is 0 Å². The van der Waals surface area contributed by atoms with Gasteiger partial charge in [-0.1, -0.05) is 25.6 Å². The lowest BCUT2D eigenvalue weighted by Gasteiger charge is -2.04. The SMILES string of the molecule is Cc1c(C#C[Si](C)(C)C)c[nH]c(=O)c1[N+](=O)[O-]. The highest BCUT2D eigenvalue weighted by Crippen LogP contribution is 2.14. The van der Waals surface area contributed by atoms with Gasteiger partial charge in [0.1, 0.15) is 8.07 Å². The van der Waals surface area contributed by atoms with Gasteiger partial charge in [-0.25, -0.2) is 0 Å². The second-order valence-corrected chi connectivity index (χ2v) is 9.51. The number of rotatable bonds is 1. The van der Waals surface area contributed by atoms with Gasteiger partial charge in [0, 0.05) is 17.3 Å². The quantitative estimate of drug-likeness (QED) is 0.357. The summed E-state index contributed by atoms with van der Waals surface area (Å²) in [6.07, 6.45) is 1.43. The van der Waals surface area contributed by atoms with Crippen molar-refractivity contribution in [2.75, 3.05) is 0 Å². The van der Waals surface area contributed by atoms with Gasteiger partial charge in [0.2, 0.25) is 0 Å². The zero-order chi connectivity index (χ0) is 13.2. The van der Waals surface area contributed by atoms with Gasteiger partial charge >= 0.3 is 11.2 Å². The molecule has 0 aliphatic heterocycles. The molecule has 0 fully saturated rings. The highest BCUT2D eigenvalue weighted by molar-refractivity contribution is 6.83. The minimum atomic E-state index is -1.54. The average Bonchev–Trinajstić information content (AvgIpc) is 2.14. The van der Waals surface area contributed by atoms with Gasteiger partial charge in [-0.2, -0.15) is 0 Å². The lowest BCUT2D eigenvalue weighted by atomic mass is 10.1. The Hall–Kier alpha value is -1.87. The third-order valence-electron chi connectivity index (χ3n) is 2.08. The lowest BCUT2D eigenvalue weighted by molar-refractivity contribution is -0.386. The molecule has 0 aliphatic rings. The predicted octanol–water partition coefficient (Wildman–Crippen LogP) is 1.82.